The monoisotopic (exact) mass is 521 g/mol. The summed E-state index contributed by atoms with van der Waals surface area (Å²) in [6, 6.07) is 6.29. The molecule has 2 atom stereocenters. The van der Waals surface area contributed by atoms with Gasteiger partial charge in [-0.2, -0.15) is 5.10 Å². The molecule has 0 aliphatic carbocycles. The molecule has 0 bridgehead atoms. The Bertz CT molecular complexity index is 1490. The number of anilines is 1. The second kappa shape index (κ2) is 9.70. The first-order valence-electron chi connectivity index (χ1n) is 12.1. The summed E-state index contributed by atoms with van der Waals surface area (Å²) in [7, 11) is 0. The Morgan fingerprint density at radius 1 is 1.11 bits per heavy atom. The van der Waals surface area contributed by atoms with Crippen molar-refractivity contribution in [3.63, 3.8) is 0 Å². The lowest BCUT2D eigenvalue weighted by Crippen LogP contribution is -2.48. The smallest absolute Gasteiger partial charge is 0.239 e. The number of morpholine rings is 1. The van der Waals surface area contributed by atoms with Crippen molar-refractivity contribution in [2.45, 2.75) is 18.5 Å². The van der Waals surface area contributed by atoms with Crippen LogP contribution in [0.4, 0.5) is 10.2 Å². The summed E-state index contributed by atoms with van der Waals surface area (Å²) in [5, 5.41) is 9.24. The molecule has 1 amide bonds. The zero-order chi connectivity index (χ0) is 25.5. The fourth-order valence-electron chi connectivity index (χ4n) is 4.95. The molecule has 2 fully saturated rings. The van der Waals surface area contributed by atoms with Crippen LogP contribution in [0.2, 0.25) is 5.02 Å². The molecule has 9 nitrogen and oxygen atoms in total. The number of benzene rings is 1. The highest BCUT2D eigenvalue weighted by atomic mass is 35.5. The maximum absolute atomic E-state index is 14.2. The van der Waals surface area contributed by atoms with E-state index < -0.39 is 0 Å². The van der Waals surface area contributed by atoms with E-state index in [-0.39, 0.29) is 23.8 Å². The predicted molar refractivity (Wildman–Crippen MR) is 138 cm³/mol. The molecule has 2 aliphatic rings. The lowest BCUT2D eigenvalue weighted by molar-refractivity contribution is -0.137. The van der Waals surface area contributed by atoms with Gasteiger partial charge in [-0.25, -0.2) is 9.37 Å². The van der Waals surface area contributed by atoms with Crippen molar-refractivity contribution in [1.29, 1.82) is 0 Å². The third kappa shape index (κ3) is 4.52. The van der Waals surface area contributed by atoms with Gasteiger partial charge in [-0.05, 0) is 30.7 Å². The number of aromatic nitrogens is 4. The van der Waals surface area contributed by atoms with E-state index in [0.717, 1.165) is 11.1 Å². The van der Waals surface area contributed by atoms with Crippen molar-refractivity contribution in [1.82, 2.24) is 30.0 Å². The van der Waals surface area contributed by atoms with Crippen molar-refractivity contribution in [2.24, 2.45) is 0 Å². The van der Waals surface area contributed by atoms with Gasteiger partial charge in [0, 0.05) is 70.7 Å². The number of hydrogen-bond donors (Lipinski definition) is 2. The van der Waals surface area contributed by atoms with E-state index in [4.69, 9.17) is 22.1 Å². The lowest BCUT2D eigenvalue weighted by atomic mass is 10.0. The molecular formula is C26H25ClFN7O2. The quantitative estimate of drug-likeness (QED) is 0.424. The Hall–Kier alpha value is -3.60. The van der Waals surface area contributed by atoms with Gasteiger partial charge >= 0.3 is 0 Å². The van der Waals surface area contributed by atoms with Gasteiger partial charge in [0.1, 0.15) is 11.6 Å². The second-order valence-electron chi connectivity index (χ2n) is 9.30. The number of carbonyl (C=O) groups is 1. The number of fused-ring (bicyclic) bond motifs is 1. The number of rotatable bonds is 4. The van der Waals surface area contributed by atoms with Gasteiger partial charge in [0.15, 0.2) is 0 Å². The standard InChI is InChI=1S/C26H25ClFN7O2/c27-21-1-2-22(28)20-13-31-23(9-18(20)21)19-7-15(10-32-25(19)29)16-11-33-35(14-16)17-8-24(30-12-17)26(36)34-3-5-37-6-4-34/h1-2,7,9-11,13-14,17,24,30H,3-6,8,12H2,(H2,29,32)/t17-,24-/m0/s1. The molecule has 5 heterocycles. The van der Waals surface area contributed by atoms with Crippen LogP contribution in [0, 0.1) is 5.82 Å². The van der Waals surface area contributed by atoms with E-state index in [9.17, 15) is 9.18 Å². The van der Waals surface area contributed by atoms with Gasteiger partial charge in [0.2, 0.25) is 5.91 Å². The topological polar surface area (TPSA) is 111 Å². The highest BCUT2D eigenvalue weighted by molar-refractivity contribution is 6.35. The van der Waals surface area contributed by atoms with Gasteiger partial charge in [-0.15, -0.1) is 0 Å². The van der Waals surface area contributed by atoms with Crippen LogP contribution in [-0.4, -0.2) is 69.4 Å². The number of halogens is 2. The van der Waals surface area contributed by atoms with Crippen molar-refractivity contribution in [3.05, 3.63) is 59.9 Å². The average molecular weight is 522 g/mol. The largest absolute Gasteiger partial charge is 0.383 e. The fourth-order valence-corrected chi connectivity index (χ4v) is 5.17. The normalized spacial score (nSPS) is 20.0. The van der Waals surface area contributed by atoms with Crippen LogP contribution in [0.25, 0.3) is 33.2 Å². The third-order valence-corrected chi connectivity index (χ3v) is 7.36. The minimum atomic E-state index is -0.388. The molecule has 4 aromatic rings. The number of nitrogen functional groups attached to an aromatic ring is 1. The van der Waals surface area contributed by atoms with Crippen molar-refractivity contribution in [3.8, 4) is 22.4 Å². The molecule has 0 unspecified atom stereocenters. The molecule has 3 aromatic heterocycles. The summed E-state index contributed by atoms with van der Waals surface area (Å²) in [5.74, 6) is 0.0365. The summed E-state index contributed by atoms with van der Waals surface area (Å²) < 4.78 is 21.4. The molecule has 37 heavy (non-hydrogen) atoms. The molecule has 0 spiro atoms. The van der Waals surface area contributed by atoms with Crippen LogP contribution in [0.5, 0.6) is 0 Å². The van der Waals surface area contributed by atoms with E-state index >= 15 is 0 Å². The average Bonchev–Trinajstić information content (AvgIpc) is 3.62. The number of nitrogens with two attached hydrogens (primary N) is 1. The third-order valence-electron chi connectivity index (χ3n) is 7.03. The van der Waals surface area contributed by atoms with Gasteiger partial charge in [0.05, 0.1) is 37.2 Å². The van der Waals surface area contributed by atoms with Crippen LogP contribution >= 0.6 is 11.6 Å². The number of pyridine rings is 2. The summed E-state index contributed by atoms with van der Waals surface area (Å²) in [6.45, 7) is 3.09. The zero-order valence-corrected chi connectivity index (χ0v) is 20.7. The summed E-state index contributed by atoms with van der Waals surface area (Å²) in [6.07, 6.45) is 7.53. The lowest BCUT2D eigenvalue weighted by Gasteiger charge is -2.29. The van der Waals surface area contributed by atoms with E-state index in [2.05, 4.69) is 20.4 Å². The Balaban J connectivity index is 1.23. The first kappa shape index (κ1) is 23.8. The van der Waals surface area contributed by atoms with Gasteiger partial charge in [-0.3, -0.25) is 14.5 Å². The summed E-state index contributed by atoms with van der Waals surface area (Å²) >= 11 is 6.31. The second-order valence-corrected chi connectivity index (χ2v) is 9.71. The van der Waals surface area contributed by atoms with Crippen LogP contribution < -0.4 is 11.1 Å². The molecule has 0 radical (unpaired) electrons. The minimum absolute atomic E-state index is 0.0594. The molecule has 11 heteroatoms. The first-order valence-corrected chi connectivity index (χ1v) is 12.5. The molecule has 3 N–H and O–H groups in total. The Kier molecular flexibility index (Phi) is 6.23. The van der Waals surface area contributed by atoms with Crippen LogP contribution in [-0.2, 0) is 9.53 Å². The summed E-state index contributed by atoms with van der Waals surface area (Å²) in [4.78, 5) is 23.5. The van der Waals surface area contributed by atoms with Gasteiger partial charge < -0.3 is 20.7 Å². The van der Waals surface area contributed by atoms with E-state index in [1.54, 1.807) is 18.5 Å². The van der Waals surface area contributed by atoms with E-state index in [0.29, 0.717) is 72.1 Å². The SMILES string of the molecule is Nc1ncc(-c2cnn([C@@H]3CN[C@H](C(=O)N4CCOCC4)C3)c2)cc1-c1cc2c(Cl)ccc(F)c2cn1. The van der Waals surface area contributed by atoms with Crippen molar-refractivity contribution in [2.75, 3.05) is 38.6 Å². The van der Waals surface area contributed by atoms with Crippen molar-refractivity contribution < 1.29 is 13.9 Å². The summed E-state index contributed by atoms with van der Waals surface area (Å²) in [5.41, 5.74) is 9.03. The van der Waals surface area contributed by atoms with Crippen LogP contribution in [0.1, 0.15) is 12.5 Å². The molecule has 1 aromatic carbocycles. The number of nitrogens with zero attached hydrogens (tertiary/aromatic N) is 5. The van der Waals surface area contributed by atoms with Gasteiger partial charge in [0.25, 0.3) is 0 Å². The number of carbonyl (C=O) groups excluding carboxylic acids is 1. The Morgan fingerprint density at radius 3 is 2.78 bits per heavy atom. The van der Waals surface area contributed by atoms with Crippen LogP contribution in [0.3, 0.4) is 0 Å². The zero-order valence-electron chi connectivity index (χ0n) is 19.9. The first-order chi connectivity index (χ1) is 18.0. The predicted octanol–water partition coefficient (Wildman–Crippen LogP) is 3.30. The number of hydrogen-bond acceptors (Lipinski definition) is 7. The number of nitrogens with one attached hydrogen (secondary N) is 1. The maximum atomic E-state index is 14.2. The molecule has 2 aliphatic heterocycles. The Morgan fingerprint density at radius 2 is 1.95 bits per heavy atom. The van der Waals surface area contributed by atoms with E-state index in [1.807, 2.05) is 21.8 Å². The minimum Gasteiger partial charge on any atom is -0.383 e. The maximum Gasteiger partial charge on any atom is 0.239 e. The number of ether oxygens (including phenoxy) is 1. The molecule has 6 rings (SSSR count). The van der Waals surface area contributed by atoms with Crippen LogP contribution in [0.15, 0.2) is 49.1 Å². The highest BCUT2D eigenvalue weighted by Gasteiger charge is 2.34. The molecular weight excluding hydrogens is 497 g/mol. The fraction of sp³-hybridized carbons (Fsp3) is 0.308. The Labute approximate surface area is 217 Å². The highest BCUT2D eigenvalue weighted by Crippen LogP contribution is 2.33. The molecule has 0 saturated carbocycles. The van der Waals surface area contributed by atoms with Gasteiger partial charge in [-0.1, -0.05) is 11.6 Å². The number of amides is 1. The molecule has 190 valence electrons. The van der Waals surface area contributed by atoms with Crippen molar-refractivity contribution >= 4 is 34.1 Å². The molecule has 2 saturated heterocycles. The van der Waals surface area contributed by atoms with E-state index in [1.165, 1.54) is 18.3 Å².